The molecule has 0 aliphatic rings. The van der Waals surface area contributed by atoms with Gasteiger partial charge < -0.3 is 5.32 Å². The molecule has 0 aliphatic heterocycles. The number of anilines is 1. The molecular weight excluding hydrogens is 383 g/mol. The third-order valence-corrected chi connectivity index (χ3v) is 3.67. The second-order valence-corrected chi connectivity index (χ2v) is 5.85. The molecule has 1 unspecified atom stereocenters. The fourth-order valence-electron chi connectivity index (χ4n) is 1.75. The van der Waals surface area contributed by atoms with Crippen LogP contribution in [0.1, 0.15) is 18.5 Å². The van der Waals surface area contributed by atoms with Gasteiger partial charge in [-0.05, 0) is 65.4 Å². The van der Waals surface area contributed by atoms with Crippen molar-refractivity contribution in [1.29, 1.82) is 0 Å². The molecule has 100 valence electrons. The van der Waals surface area contributed by atoms with Crippen molar-refractivity contribution in [1.82, 2.24) is 0 Å². The van der Waals surface area contributed by atoms with E-state index in [4.69, 9.17) is 11.6 Å². The quantitative estimate of drug-likeness (QED) is 0.689. The third kappa shape index (κ3) is 3.79. The third-order valence-electron chi connectivity index (χ3n) is 2.69. The Labute approximate surface area is 129 Å². The summed E-state index contributed by atoms with van der Waals surface area (Å²) in [7, 11) is 0. The Bertz CT molecular complexity index is 584. The number of rotatable bonds is 3. The second kappa shape index (κ2) is 6.05. The van der Waals surface area contributed by atoms with Crippen molar-refractivity contribution in [2.45, 2.75) is 13.0 Å². The molecule has 0 aromatic heterocycles. The summed E-state index contributed by atoms with van der Waals surface area (Å²) < 4.78 is 27.4. The average molecular weight is 394 g/mol. The molecule has 0 amide bonds. The van der Waals surface area contributed by atoms with E-state index in [1.54, 1.807) is 0 Å². The van der Waals surface area contributed by atoms with E-state index in [1.807, 2.05) is 25.1 Å². The lowest BCUT2D eigenvalue weighted by atomic mass is 10.1. The minimum Gasteiger partial charge on any atom is -0.377 e. The minimum atomic E-state index is -0.586. The lowest BCUT2D eigenvalue weighted by Crippen LogP contribution is -2.07. The smallest absolute Gasteiger partial charge is 0.126 e. The van der Waals surface area contributed by atoms with Crippen LogP contribution < -0.4 is 5.32 Å². The Hall–Kier alpha value is -0.880. The number of hydrogen-bond donors (Lipinski definition) is 1. The summed E-state index contributed by atoms with van der Waals surface area (Å²) in [5.74, 6) is -1.17. The van der Waals surface area contributed by atoms with Gasteiger partial charge in [0.05, 0.1) is 10.7 Å². The molecule has 2 aromatic carbocycles. The molecule has 0 heterocycles. The number of halogens is 4. The first-order chi connectivity index (χ1) is 8.95. The summed E-state index contributed by atoms with van der Waals surface area (Å²) >= 11 is 8.27. The van der Waals surface area contributed by atoms with Gasteiger partial charge in [0.1, 0.15) is 11.6 Å². The molecule has 0 fully saturated rings. The Morgan fingerprint density at radius 3 is 2.32 bits per heavy atom. The maximum atomic E-state index is 13.2. The molecule has 0 saturated heterocycles. The van der Waals surface area contributed by atoms with Crippen molar-refractivity contribution in [2.24, 2.45) is 0 Å². The normalized spacial score (nSPS) is 12.3. The second-order valence-electron chi connectivity index (χ2n) is 4.19. The Morgan fingerprint density at radius 1 is 1.11 bits per heavy atom. The molecule has 0 bridgehead atoms. The number of benzene rings is 2. The minimum absolute atomic E-state index is 0.247. The van der Waals surface area contributed by atoms with Crippen LogP contribution in [0.4, 0.5) is 14.5 Å². The van der Waals surface area contributed by atoms with E-state index in [9.17, 15) is 8.78 Å². The number of hydrogen-bond acceptors (Lipinski definition) is 1. The summed E-state index contributed by atoms with van der Waals surface area (Å²) in [6.45, 7) is 1.82. The van der Waals surface area contributed by atoms with Crippen molar-refractivity contribution in [3.63, 3.8) is 0 Å². The maximum Gasteiger partial charge on any atom is 0.126 e. The molecule has 1 atom stereocenters. The van der Waals surface area contributed by atoms with Gasteiger partial charge in [0.15, 0.2) is 0 Å². The highest BCUT2D eigenvalue weighted by Crippen LogP contribution is 2.28. The van der Waals surface area contributed by atoms with Crippen LogP contribution in [0.3, 0.4) is 0 Å². The average Bonchev–Trinajstić information content (AvgIpc) is 2.31. The van der Waals surface area contributed by atoms with Crippen LogP contribution in [0, 0.1) is 15.2 Å². The zero-order valence-corrected chi connectivity index (χ0v) is 13.0. The summed E-state index contributed by atoms with van der Waals surface area (Å²) in [5.41, 5.74) is 1.27. The first-order valence-corrected chi connectivity index (χ1v) is 7.09. The van der Waals surface area contributed by atoms with E-state index in [-0.39, 0.29) is 6.04 Å². The molecule has 0 spiro atoms. The molecule has 2 rings (SSSR count). The van der Waals surface area contributed by atoms with E-state index in [0.29, 0.717) is 10.6 Å². The van der Waals surface area contributed by atoms with E-state index < -0.39 is 11.6 Å². The summed E-state index contributed by atoms with van der Waals surface area (Å²) in [4.78, 5) is 0. The van der Waals surface area contributed by atoms with Crippen LogP contribution in [0.25, 0.3) is 0 Å². The van der Waals surface area contributed by atoms with Crippen LogP contribution >= 0.6 is 34.2 Å². The standard InChI is InChI=1S/C14H11ClF2IN/c1-8(9-4-10(16)6-11(17)5-9)19-14-3-2-12(18)7-13(14)15/h2-8,19H,1H3. The molecule has 2 aromatic rings. The monoisotopic (exact) mass is 393 g/mol. The zero-order chi connectivity index (χ0) is 14.0. The van der Waals surface area contributed by atoms with Crippen molar-refractivity contribution < 1.29 is 8.78 Å². The number of nitrogens with one attached hydrogen (secondary N) is 1. The van der Waals surface area contributed by atoms with Crippen molar-refractivity contribution in [3.8, 4) is 0 Å². The van der Waals surface area contributed by atoms with Crippen molar-refractivity contribution in [3.05, 3.63) is 62.2 Å². The maximum absolute atomic E-state index is 13.2. The summed E-state index contributed by atoms with van der Waals surface area (Å²) in [5, 5.41) is 3.72. The highest BCUT2D eigenvalue weighted by atomic mass is 127. The lowest BCUT2D eigenvalue weighted by molar-refractivity contribution is 0.577. The highest BCUT2D eigenvalue weighted by molar-refractivity contribution is 14.1. The predicted octanol–water partition coefficient (Wildman–Crippen LogP) is 5.40. The molecule has 19 heavy (non-hydrogen) atoms. The molecule has 0 saturated carbocycles. The lowest BCUT2D eigenvalue weighted by Gasteiger charge is -2.17. The first-order valence-electron chi connectivity index (χ1n) is 5.63. The Balaban J connectivity index is 2.22. The topological polar surface area (TPSA) is 12.0 Å². The van der Waals surface area contributed by atoms with Crippen LogP contribution in [0.5, 0.6) is 0 Å². The first kappa shape index (κ1) is 14.5. The summed E-state index contributed by atoms with van der Waals surface area (Å²) in [6.07, 6.45) is 0. The molecule has 1 nitrogen and oxygen atoms in total. The van der Waals surface area contributed by atoms with Gasteiger partial charge in [0.25, 0.3) is 0 Å². The molecular formula is C14H11ClF2IN. The van der Waals surface area contributed by atoms with Crippen molar-refractivity contribution >= 4 is 39.9 Å². The Morgan fingerprint density at radius 2 is 1.74 bits per heavy atom. The van der Waals surface area contributed by atoms with Gasteiger partial charge in [-0.25, -0.2) is 8.78 Å². The SMILES string of the molecule is CC(Nc1ccc(I)cc1Cl)c1cc(F)cc(F)c1. The van der Waals surface area contributed by atoms with Gasteiger partial charge in [-0.1, -0.05) is 11.6 Å². The van der Waals surface area contributed by atoms with E-state index in [0.717, 1.165) is 15.3 Å². The zero-order valence-electron chi connectivity index (χ0n) is 10.1. The van der Waals surface area contributed by atoms with Gasteiger partial charge in [0, 0.05) is 15.7 Å². The van der Waals surface area contributed by atoms with Crippen LogP contribution in [-0.4, -0.2) is 0 Å². The van der Waals surface area contributed by atoms with Crippen molar-refractivity contribution in [2.75, 3.05) is 5.32 Å². The van der Waals surface area contributed by atoms with E-state index in [1.165, 1.54) is 12.1 Å². The van der Waals surface area contributed by atoms with Crippen LogP contribution in [0.2, 0.25) is 5.02 Å². The van der Waals surface area contributed by atoms with Crippen LogP contribution in [-0.2, 0) is 0 Å². The fourth-order valence-corrected chi connectivity index (χ4v) is 2.66. The van der Waals surface area contributed by atoms with E-state index in [2.05, 4.69) is 27.9 Å². The molecule has 5 heteroatoms. The van der Waals surface area contributed by atoms with Gasteiger partial charge in [-0.3, -0.25) is 0 Å². The predicted molar refractivity (Wildman–Crippen MR) is 82.6 cm³/mol. The Kier molecular flexibility index (Phi) is 4.62. The largest absolute Gasteiger partial charge is 0.377 e. The fraction of sp³-hybridized carbons (Fsp3) is 0.143. The van der Waals surface area contributed by atoms with Gasteiger partial charge in [0.2, 0.25) is 0 Å². The van der Waals surface area contributed by atoms with Gasteiger partial charge in [-0.15, -0.1) is 0 Å². The van der Waals surface area contributed by atoms with E-state index >= 15 is 0 Å². The molecule has 0 aliphatic carbocycles. The molecule has 1 N–H and O–H groups in total. The van der Waals surface area contributed by atoms with Gasteiger partial charge >= 0.3 is 0 Å². The molecule has 0 radical (unpaired) electrons. The van der Waals surface area contributed by atoms with Crippen LogP contribution in [0.15, 0.2) is 36.4 Å². The highest BCUT2D eigenvalue weighted by Gasteiger charge is 2.10. The van der Waals surface area contributed by atoms with Gasteiger partial charge in [-0.2, -0.15) is 0 Å². The summed E-state index contributed by atoms with van der Waals surface area (Å²) in [6, 6.07) is 8.80.